The van der Waals surface area contributed by atoms with Crippen molar-refractivity contribution in [3.8, 4) is 0 Å². The molecule has 2 rings (SSSR count). The summed E-state index contributed by atoms with van der Waals surface area (Å²) in [6.45, 7) is 3.18. The van der Waals surface area contributed by atoms with Gasteiger partial charge in [0.05, 0.1) is 5.69 Å². The number of likely N-dealkylation sites (tertiary alicyclic amines) is 1. The molecule has 3 nitrogen and oxygen atoms in total. The maximum atomic E-state index is 13.7. The van der Waals surface area contributed by atoms with E-state index in [9.17, 15) is 13.6 Å². The molecule has 0 aromatic heterocycles. The fourth-order valence-corrected chi connectivity index (χ4v) is 2.87. The number of hydrogen-bond donors (Lipinski definition) is 1. The van der Waals surface area contributed by atoms with Gasteiger partial charge in [0.15, 0.2) is 0 Å². The molecule has 0 bridgehead atoms. The zero-order valence-corrected chi connectivity index (χ0v) is 12.8. The minimum Gasteiger partial charge on any atom is -0.371 e. The van der Waals surface area contributed by atoms with Crippen LogP contribution >= 0.6 is 15.9 Å². The van der Waals surface area contributed by atoms with E-state index in [-0.39, 0.29) is 16.1 Å². The summed E-state index contributed by atoms with van der Waals surface area (Å²) in [4.78, 5) is 14.0. The van der Waals surface area contributed by atoms with Crippen LogP contribution in [0.2, 0.25) is 0 Å². The normalized spacial score (nSPS) is 16.9. The van der Waals surface area contributed by atoms with Crippen molar-refractivity contribution >= 4 is 27.5 Å². The van der Waals surface area contributed by atoms with Gasteiger partial charge in [0.2, 0.25) is 5.91 Å². The van der Waals surface area contributed by atoms with Gasteiger partial charge in [0, 0.05) is 23.6 Å². The molecule has 0 radical (unpaired) electrons. The van der Waals surface area contributed by atoms with Crippen molar-refractivity contribution in [2.45, 2.75) is 32.2 Å². The third-order valence-electron chi connectivity index (χ3n) is 3.41. The Hall–Kier alpha value is -1.17. The highest BCUT2D eigenvalue weighted by atomic mass is 79.9. The number of carbonyl (C=O) groups is 1. The second kappa shape index (κ2) is 6.52. The Kier molecular flexibility index (Phi) is 4.96. The Morgan fingerprint density at radius 1 is 1.30 bits per heavy atom. The maximum Gasteiger partial charge on any atom is 0.244 e. The summed E-state index contributed by atoms with van der Waals surface area (Å²) in [5.41, 5.74) is 0.115. The molecule has 1 atom stereocenters. The van der Waals surface area contributed by atoms with Gasteiger partial charge in [-0.1, -0.05) is 0 Å². The molecule has 0 aliphatic carbocycles. The molecule has 0 saturated carbocycles. The lowest BCUT2D eigenvalue weighted by Crippen LogP contribution is -2.44. The second-order valence-electron chi connectivity index (χ2n) is 5.00. The van der Waals surface area contributed by atoms with Crippen LogP contribution < -0.4 is 5.32 Å². The molecule has 0 spiro atoms. The van der Waals surface area contributed by atoms with Gasteiger partial charge in [-0.05, 0) is 48.2 Å². The van der Waals surface area contributed by atoms with Gasteiger partial charge in [0.1, 0.15) is 17.7 Å². The maximum absolute atomic E-state index is 13.7. The van der Waals surface area contributed by atoms with E-state index >= 15 is 0 Å². The van der Waals surface area contributed by atoms with Crippen molar-refractivity contribution in [1.82, 2.24) is 4.90 Å². The summed E-state index contributed by atoms with van der Waals surface area (Å²) in [6, 6.07) is 1.42. The minimum atomic E-state index is -0.713. The quantitative estimate of drug-likeness (QED) is 0.907. The van der Waals surface area contributed by atoms with E-state index in [1.807, 2.05) is 0 Å². The van der Waals surface area contributed by atoms with Crippen LogP contribution in [0.5, 0.6) is 0 Å². The Balaban J connectivity index is 2.07. The Bertz CT molecular complexity index is 481. The van der Waals surface area contributed by atoms with Crippen molar-refractivity contribution in [2.75, 3.05) is 18.4 Å². The summed E-state index contributed by atoms with van der Waals surface area (Å²) in [6.07, 6.45) is 3.16. The molecule has 20 heavy (non-hydrogen) atoms. The highest BCUT2D eigenvalue weighted by molar-refractivity contribution is 9.10. The van der Waals surface area contributed by atoms with E-state index < -0.39 is 17.7 Å². The molecule has 1 fully saturated rings. The van der Waals surface area contributed by atoms with Gasteiger partial charge in [0.25, 0.3) is 0 Å². The highest BCUT2D eigenvalue weighted by Gasteiger charge is 2.23. The van der Waals surface area contributed by atoms with E-state index in [0.717, 1.165) is 38.4 Å². The van der Waals surface area contributed by atoms with Crippen molar-refractivity contribution < 1.29 is 13.6 Å². The molecule has 1 aliphatic heterocycles. The van der Waals surface area contributed by atoms with Crippen LogP contribution in [-0.4, -0.2) is 29.9 Å². The summed E-state index contributed by atoms with van der Waals surface area (Å²) in [5, 5.41) is 2.82. The number of rotatable bonds is 3. The van der Waals surface area contributed by atoms with Crippen LogP contribution in [0.1, 0.15) is 26.2 Å². The fourth-order valence-electron chi connectivity index (χ4n) is 2.35. The molecule has 1 aromatic carbocycles. The van der Waals surface area contributed by atoms with Crippen molar-refractivity contribution in [3.63, 3.8) is 0 Å². The van der Waals surface area contributed by atoms with E-state index in [4.69, 9.17) is 0 Å². The van der Waals surface area contributed by atoms with Crippen LogP contribution in [0.25, 0.3) is 0 Å². The number of piperidine rings is 1. The monoisotopic (exact) mass is 346 g/mol. The topological polar surface area (TPSA) is 32.3 Å². The van der Waals surface area contributed by atoms with Gasteiger partial charge in [-0.2, -0.15) is 0 Å². The number of nitrogens with one attached hydrogen (secondary N) is 1. The van der Waals surface area contributed by atoms with Crippen LogP contribution in [-0.2, 0) is 4.79 Å². The van der Waals surface area contributed by atoms with Crippen molar-refractivity contribution in [3.05, 3.63) is 28.2 Å². The first-order valence-corrected chi connectivity index (χ1v) is 7.48. The van der Waals surface area contributed by atoms with Crippen LogP contribution in [0, 0.1) is 11.6 Å². The first-order chi connectivity index (χ1) is 9.49. The molecule has 1 amide bonds. The summed E-state index contributed by atoms with van der Waals surface area (Å²) >= 11 is 3.10. The van der Waals surface area contributed by atoms with Crippen LogP contribution in [0.3, 0.4) is 0 Å². The van der Waals surface area contributed by atoms with Gasteiger partial charge in [-0.3, -0.25) is 4.79 Å². The number of nitrogens with zero attached hydrogens (tertiary/aromatic N) is 1. The average Bonchev–Trinajstić information content (AvgIpc) is 2.42. The van der Waals surface area contributed by atoms with Crippen LogP contribution in [0.15, 0.2) is 16.6 Å². The Labute approximate surface area is 125 Å². The molecular weight excluding hydrogens is 330 g/mol. The molecule has 1 saturated heterocycles. The number of amides is 1. The van der Waals surface area contributed by atoms with Gasteiger partial charge in [-0.25, -0.2) is 8.78 Å². The van der Waals surface area contributed by atoms with E-state index in [1.165, 1.54) is 6.07 Å². The third-order valence-corrected chi connectivity index (χ3v) is 4.03. The van der Waals surface area contributed by atoms with Gasteiger partial charge < -0.3 is 10.2 Å². The second-order valence-corrected chi connectivity index (χ2v) is 5.85. The molecule has 1 N–H and O–H groups in total. The predicted octanol–water partition coefficient (Wildman–Crippen LogP) is 3.54. The SMILES string of the molecule is CC(Nc1c(F)cc(F)cc1Br)C(=O)N1CCCCC1. The third kappa shape index (κ3) is 3.48. The Morgan fingerprint density at radius 3 is 2.55 bits per heavy atom. The number of carbonyl (C=O) groups excluding carboxylic acids is 1. The lowest BCUT2D eigenvalue weighted by Gasteiger charge is -2.30. The van der Waals surface area contributed by atoms with Crippen molar-refractivity contribution in [1.29, 1.82) is 0 Å². The number of benzene rings is 1. The Morgan fingerprint density at radius 2 is 1.95 bits per heavy atom. The van der Waals surface area contributed by atoms with E-state index in [1.54, 1.807) is 11.8 Å². The van der Waals surface area contributed by atoms with E-state index in [0.29, 0.717) is 0 Å². The number of hydrogen-bond acceptors (Lipinski definition) is 2. The molecule has 1 unspecified atom stereocenters. The summed E-state index contributed by atoms with van der Waals surface area (Å²) < 4.78 is 27.0. The number of anilines is 1. The molecule has 110 valence electrons. The molecule has 1 aliphatic rings. The van der Waals surface area contributed by atoms with Gasteiger partial charge >= 0.3 is 0 Å². The minimum absolute atomic E-state index is 0.0553. The molecule has 6 heteroatoms. The lowest BCUT2D eigenvalue weighted by atomic mass is 10.1. The smallest absolute Gasteiger partial charge is 0.244 e. The largest absolute Gasteiger partial charge is 0.371 e. The predicted molar refractivity (Wildman–Crippen MR) is 77.6 cm³/mol. The first-order valence-electron chi connectivity index (χ1n) is 6.69. The van der Waals surface area contributed by atoms with Crippen LogP contribution in [0.4, 0.5) is 14.5 Å². The zero-order chi connectivity index (χ0) is 14.7. The molecular formula is C14H17BrF2N2O. The number of halogens is 3. The highest BCUT2D eigenvalue weighted by Crippen LogP contribution is 2.27. The van der Waals surface area contributed by atoms with E-state index in [2.05, 4.69) is 21.2 Å². The van der Waals surface area contributed by atoms with Gasteiger partial charge in [-0.15, -0.1) is 0 Å². The lowest BCUT2D eigenvalue weighted by molar-refractivity contribution is -0.132. The average molecular weight is 347 g/mol. The molecule has 1 aromatic rings. The standard InChI is InChI=1S/C14H17BrF2N2O/c1-9(14(20)19-5-3-2-4-6-19)18-13-11(15)7-10(16)8-12(13)17/h7-9,18H,2-6H2,1H3. The fraction of sp³-hybridized carbons (Fsp3) is 0.500. The van der Waals surface area contributed by atoms with Crippen molar-refractivity contribution in [2.24, 2.45) is 0 Å². The summed E-state index contributed by atoms with van der Waals surface area (Å²) in [5.74, 6) is -1.43. The first kappa shape index (κ1) is 15.2. The summed E-state index contributed by atoms with van der Waals surface area (Å²) in [7, 11) is 0. The molecule has 1 heterocycles. The zero-order valence-electron chi connectivity index (χ0n) is 11.3.